The summed E-state index contributed by atoms with van der Waals surface area (Å²) < 4.78 is 40.0. The second kappa shape index (κ2) is 21.4. The first-order valence-corrected chi connectivity index (χ1v) is 15.0. The van der Waals surface area contributed by atoms with E-state index in [-0.39, 0.29) is 0 Å². The van der Waals surface area contributed by atoms with E-state index in [1.165, 1.54) is 0 Å². The monoisotopic (exact) mass is 568 g/mol. The molecule has 40 heavy (non-hydrogen) atoms. The summed E-state index contributed by atoms with van der Waals surface area (Å²) in [5, 5.41) is 11.4. The second-order valence-electron chi connectivity index (χ2n) is 10.3. The van der Waals surface area contributed by atoms with Crippen molar-refractivity contribution in [2.45, 2.75) is 39.3 Å². The van der Waals surface area contributed by atoms with Gasteiger partial charge < -0.3 is 38.3 Å². The lowest BCUT2D eigenvalue weighted by atomic mass is 10.0. The van der Waals surface area contributed by atoms with Crippen LogP contribution in [0.1, 0.15) is 36.0 Å². The zero-order chi connectivity index (χ0) is 28.1. The number of hydrogen-bond acceptors (Lipinski definition) is 10. The van der Waals surface area contributed by atoms with Gasteiger partial charge >= 0.3 is 0 Å². The Hall–Kier alpha value is -1.34. The Balaban J connectivity index is 1.60. The van der Waals surface area contributed by atoms with Crippen molar-refractivity contribution in [3.05, 3.63) is 28.8 Å². The topological polar surface area (TPSA) is 91.3 Å². The standard InChI is InChI=1S/C30H52N2O8/c1-27-23-28(25-31-5-11-34-9-3-2-4-10-35-15-16-36-12-6-31)30(33)29(24-27)26-32-7-13-37-17-19-39-21-22-40-20-18-38-14-8-32/h23-24,33H,2-22,25-26H2,1H3. The highest BCUT2D eigenvalue weighted by Gasteiger charge is 2.16. The third kappa shape index (κ3) is 14.5. The highest BCUT2D eigenvalue weighted by molar-refractivity contribution is 5.43. The first-order valence-electron chi connectivity index (χ1n) is 15.0. The Morgan fingerprint density at radius 3 is 1.23 bits per heavy atom. The smallest absolute Gasteiger partial charge is 0.124 e. The van der Waals surface area contributed by atoms with E-state index in [4.69, 9.17) is 33.2 Å². The molecular weight excluding hydrogens is 516 g/mol. The minimum Gasteiger partial charge on any atom is -0.507 e. The maximum absolute atomic E-state index is 11.4. The summed E-state index contributed by atoms with van der Waals surface area (Å²) in [4.78, 5) is 4.57. The van der Waals surface area contributed by atoms with E-state index in [1.807, 2.05) is 0 Å². The first-order chi connectivity index (χ1) is 19.7. The Bertz CT molecular complexity index is 693. The molecule has 2 aliphatic rings. The van der Waals surface area contributed by atoms with Crippen LogP contribution in [0.3, 0.4) is 0 Å². The van der Waals surface area contributed by atoms with Crippen molar-refractivity contribution >= 4 is 0 Å². The van der Waals surface area contributed by atoms with Crippen molar-refractivity contribution in [1.82, 2.24) is 9.80 Å². The minimum atomic E-state index is 0.358. The molecule has 2 fully saturated rings. The predicted octanol–water partition coefficient (Wildman–Crippen LogP) is 2.62. The molecular formula is C30H52N2O8. The SMILES string of the molecule is Cc1cc(CN2CCOCCCCCOCCOCC2)c(O)c(CN2CCOCCOCCOCCOCC2)c1. The van der Waals surface area contributed by atoms with E-state index in [9.17, 15) is 5.11 Å². The summed E-state index contributed by atoms with van der Waals surface area (Å²) in [6.45, 7) is 15.0. The number of ether oxygens (including phenoxy) is 7. The summed E-state index contributed by atoms with van der Waals surface area (Å²) in [6.07, 6.45) is 3.23. The minimum absolute atomic E-state index is 0.358. The van der Waals surface area contributed by atoms with Crippen molar-refractivity contribution in [3.63, 3.8) is 0 Å². The van der Waals surface area contributed by atoms with Gasteiger partial charge in [0, 0.05) is 63.6 Å². The quantitative estimate of drug-likeness (QED) is 0.585. The number of aryl methyl sites for hydroxylation is 1. The third-order valence-electron chi connectivity index (χ3n) is 6.97. The largest absolute Gasteiger partial charge is 0.507 e. The molecule has 0 aliphatic carbocycles. The number of hydrogen-bond donors (Lipinski definition) is 1. The summed E-state index contributed by atoms with van der Waals surface area (Å²) in [5.74, 6) is 0.358. The molecule has 0 saturated carbocycles. The molecule has 3 rings (SSSR count). The number of aromatic hydroxyl groups is 1. The normalized spacial score (nSPS) is 22.4. The fraction of sp³-hybridized carbons (Fsp3) is 0.800. The van der Waals surface area contributed by atoms with Gasteiger partial charge in [0.15, 0.2) is 0 Å². The van der Waals surface area contributed by atoms with E-state index in [0.29, 0.717) is 98.1 Å². The summed E-state index contributed by atoms with van der Waals surface area (Å²) >= 11 is 0. The van der Waals surface area contributed by atoms with Crippen LogP contribution in [-0.2, 0) is 46.2 Å². The Morgan fingerprint density at radius 1 is 0.500 bits per heavy atom. The molecule has 230 valence electrons. The second-order valence-corrected chi connectivity index (χ2v) is 10.3. The molecule has 0 atom stereocenters. The molecule has 0 unspecified atom stereocenters. The molecule has 1 aromatic carbocycles. The van der Waals surface area contributed by atoms with Crippen molar-refractivity contribution in [2.75, 3.05) is 119 Å². The summed E-state index contributed by atoms with van der Waals surface area (Å²) in [7, 11) is 0. The Labute approximate surface area is 240 Å². The Kier molecular flexibility index (Phi) is 17.7. The van der Waals surface area contributed by atoms with Gasteiger partial charge in [-0.2, -0.15) is 0 Å². The average molecular weight is 569 g/mol. The van der Waals surface area contributed by atoms with Gasteiger partial charge in [0.2, 0.25) is 0 Å². The molecule has 0 bridgehead atoms. The van der Waals surface area contributed by atoms with Crippen LogP contribution < -0.4 is 0 Å². The maximum Gasteiger partial charge on any atom is 0.124 e. The van der Waals surface area contributed by atoms with Gasteiger partial charge in [-0.25, -0.2) is 0 Å². The van der Waals surface area contributed by atoms with Crippen LogP contribution in [0.5, 0.6) is 5.75 Å². The van der Waals surface area contributed by atoms with Crippen LogP contribution in [0.15, 0.2) is 12.1 Å². The number of rotatable bonds is 4. The molecule has 1 N–H and O–H groups in total. The van der Waals surface area contributed by atoms with Gasteiger partial charge in [-0.1, -0.05) is 17.7 Å². The highest BCUT2D eigenvalue weighted by atomic mass is 16.6. The lowest BCUT2D eigenvalue weighted by Crippen LogP contribution is -2.32. The lowest BCUT2D eigenvalue weighted by Gasteiger charge is -2.26. The maximum atomic E-state index is 11.4. The van der Waals surface area contributed by atoms with E-state index in [1.54, 1.807) is 0 Å². The van der Waals surface area contributed by atoms with Gasteiger partial charge in [-0.15, -0.1) is 0 Å². The zero-order valence-electron chi connectivity index (χ0n) is 24.6. The average Bonchev–Trinajstić information content (AvgIpc) is 2.96. The number of benzene rings is 1. The fourth-order valence-electron chi connectivity index (χ4n) is 4.74. The van der Waals surface area contributed by atoms with Crippen LogP contribution in [0.25, 0.3) is 0 Å². The molecule has 0 spiro atoms. The zero-order valence-corrected chi connectivity index (χ0v) is 24.6. The van der Waals surface area contributed by atoms with Crippen LogP contribution in [0.4, 0.5) is 0 Å². The molecule has 2 saturated heterocycles. The Morgan fingerprint density at radius 2 is 0.825 bits per heavy atom. The van der Waals surface area contributed by atoms with Crippen LogP contribution >= 0.6 is 0 Å². The number of phenols is 1. The first kappa shape index (κ1) is 33.2. The molecule has 10 heteroatoms. The molecule has 2 aliphatic heterocycles. The molecule has 0 radical (unpaired) electrons. The van der Waals surface area contributed by atoms with E-state index >= 15 is 0 Å². The van der Waals surface area contributed by atoms with Gasteiger partial charge in [0.25, 0.3) is 0 Å². The van der Waals surface area contributed by atoms with Crippen molar-refractivity contribution in [3.8, 4) is 5.75 Å². The van der Waals surface area contributed by atoms with Gasteiger partial charge in [0.1, 0.15) is 5.75 Å². The van der Waals surface area contributed by atoms with Gasteiger partial charge in [0.05, 0.1) is 79.3 Å². The lowest BCUT2D eigenvalue weighted by molar-refractivity contribution is 0.00206. The highest BCUT2D eigenvalue weighted by Crippen LogP contribution is 2.27. The van der Waals surface area contributed by atoms with Crippen LogP contribution in [0.2, 0.25) is 0 Å². The molecule has 0 amide bonds. The van der Waals surface area contributed by atoms with E-state index in [2.05, 4.69) is 28.9 Å². The van der Waals surface area contributed by atoms with E-state index < -0.39 is 0 Å². The fourth-order valence-corrected chi connectivity index (χ4v) is 4.74. The summed E-state index contributed by atoms with van der Waals surface area (Å²) in [5.41, 5.74) is 2.98. The van der Waals surface area contributed by atoms with E-state index in [0.717, 1.165) is 75.3 Å². The van der Waals surface area contributed by atoms with Gasteiger partial charge in [-0.05, 0) is 26.2 Å². The number of phenolic OH excluding ortho intramolecular Hbond substituents is 1. The van der Waals surface area contributed by atoms with Crippen molar-refractivity contribution < 1.29 is 38.3 Å². The molecule has 0 aromatic heterocycles. The van der Waals surface area contributed by atoms with Crippen LogP contribution in [0, 0.1) is 6.92 Å². The predicted molar refractivity (Wildman–Crippen MR) is 153 cm³/mol. The molecule has 2 heterocycles. The number of nitrogens with zero attached hydrogens (tertiary/aromatic N) is 2. The van der Waals surface area contributed by atoms with Gasteiger partial charge in [-0.3, -0.25) is 9.80 Å². The molecule has 10 nitrogen and oxygen atoms in total. The summed E-state index contributed by atoms with van der Waals surface area (Å²) in [6, 6.07) is 4.16. The molecule has 1 aromatic rings. The van der Waals surface area contributed by atoms with Crippen LogP contribution in [-0.4, -0.2) is 134 Å². The third-order valence-corrected chi connectivity index (χ3v) is 6.97. The van der Waals surface area contributed by atoms with Crippen molar-refractivity contribution in [2.24, 2.45) is 0 Å². The van der Waals surface area contributed by atoms with Crippen molar-refractivity contribution in [1.29, 1.82) is 0 Å².